The molecule has 1 unspecified atom stereocenters. The predicted octanol–water partition coefficient (Wildman–Crippen LogP) is 5.27. The van der Waals surface area contributed by atoms with E-state index in [0.717, 1.165) is 25.1 Å². The maximum absolute atomic E-state index is 6.29. The van der Waals surface area contributed by atoms with Crippen molar-refractivity contribution < 1.29 is 0 Å². The molecule has 1 atom stereocenters. The number of benzene rings is 1. The van der Waals surface area contributed by atoms with Crippen LogP contribution >= 0.6 is 43.2 Å². The van der Waals surface area contributed by atoms with Crippen LogP contribution in [0, 0.1) is 0 Å². The molecule has 0 aliphatic rings. The Morgan fingerprint density at radius 1 is 1.22 bits per heavy atom. The number of halogens is 2. The molecular weight excluding hydrogens is 374 g/mol. The third kappa shape index (κ3) is 3.23. The van der Waals surface area contributed by atoms with Crippen molar-refractivity contribution in [3.8, 4) is 0 Å². The third-order valence-corrected chi connectivity index (χ3v) is 6.19. The molecular formula is C14H15Br2NS. The van der Waals surface area contributed by atoms with Gasteiger partial charge in [-0.15, -0.1) is 11.3 Å². The molecule has 4 heteroatoms. The van der Waals surface area contributed by atoms with Gasteiger partial charge in [-0.05, 0) is 55.5 Å². The van der Waals surface area contributed by atoms with Crippen LogP contribution in [0.2, 0.25) is 0 Å². The van der Waals surface area contributed by atoms with Gasteiger partial charge < -0.3 is 5.73 Å². The van der Waals surface area contributed by atoms with Crippen LogP contribution in [0.15, 0.2) is 38.6 Å². The SMILES string of the molecule is CCCc1ccc(C(N)c2cc(Br)c(Br)s2)cc1. The second kappa shape index (κ2) is 6.33. The van der Waals surface area contributed by atoms with Gasteiger partial charge in [0.2, 0.25) is 0 Å². The molecule has 1 aromatic carbocycles. The minimum absolute atomic E-state index is 0.0479. The van der Waals surface area contributed by atoms with E-state index in [0.29, 0.717) is 0 Å². The molecule has 1 heterocycles. The molecule has 0 amide bonds. The predicted molar refractivity (Wildman–Crippen MR) is 86.2 cm³/mol. The number of aryl methyl sites for hydroxylation is 1. The van der Waals surface area contributed by atoms with Gasteiger partial charge in [0.15, 0.2) is 0 Å². The zero-order valence-corrected chi connectivity index (χ0v) is 14.1. The summed E-state index contributed by atoms with van der Waals surface area (Å²) in [4.78, 5) is 1.16. The van der Waals surface area contributed by atoms with Crippen LogP contribution < -0.4 is 5.73 Å². The van der Waals surface area contributed by atoms with E-state index in [9.17, 15) is 0 Å². The fraction of sp³-hybridized carbons (Fsp3) is 0.286. The molecule has 1 aromatic heterocycles. The number of hydrogen-bond acceptors (Lipinski definition) is 2. The second-order valence-corrected chi connectivity index (χ2v) is 7.50. The molecule has 2 aromatic rings. The Kier molecular flexibility index (Phi) is 5.01. The lowest BCUT2D eigenvalue weighted by Gasteiger charge is -2.10. The molecule has 18 heavy (non-hydrogen) atoms. The van der Waals surface area contributed by atoms with Crippen molar-refractivity contribution in [3.63, 3.8) is 0 Å². The van der Waals surface area contributed by atoms with E-state index in [1.807, 2.05) is 0 Å². The molecule has 0 bridgehead atoms. The van der Waals surface area contributed by atoms with Crippen molar-refractivity contribution in [2.24, 2.45) is 5.73 Å². The number of thiophene rings is 1. The monoisotopic (exact) mass is 387 g/mol. The minimum atomic E-state index is -0.0479. The number of hydrogen-bond donors (Lipinski definition) is 1. The van der Waals surface area contributed by atoms with Crippen LogP contribution in [0.1, 0.15) is 35.4 Å². The van der Waals surface area contributed by atoms with Gasteiger partial charge in [0.1, 0.15) is 0 Å². The standard InChI is InChI=1S/C14H15Br2NS/c1-2-3-9-4-6-10(7-5-9)13(17)12-8-11(15)14(16)18-12/h4-8,13H,2-3,17H2,1H3. The van der Waals surface area contributed by atoms with E-state index in [1.165, 1.54) is 12.0 Å². The molecule has 0 aliphatic carbocycles. The van der Waals surface area contributed by atoms with Gasteiger partial charge >= 0.3 is 0 Å². The maximum Gasteiger partial charge on any atom is 0.0843 e. The Morgan fingerprint density at radius 3 is 2.39 bits per heavy atom. The average Bonchev–Trinajstić information content (AvgIpc) is 2.70. The Morgan fingerprint density at radius 2 is 1.89 bits per heavy atom. The molecule has 0 saturated carbocycles. The molecule has 0 aliphatic heterocycles. The highest BCUT2D eigenvalue weighted by atomic mass is 79.9. The molecule has 0 saturated heterocycles. The fourth-order valence-corrected chi connectivity index (χ4v) is 3.98. The number of nitrogens with two attached hydrogens (primary N) is 1. The molecule has 1 nitrogen and oxygen atoms in total. The quantitative estimate of drug-likeness (QED) is 0.757. The Hall–Kier alpha value is -0.160. The number of rotatable bonds is 4. The van der Waals surface area contributed by atoms with Crippen LogP contribution in [0.4, 0.5) is 0 Å². The van der Waals surface area contributed by atoms with Gasteiger partial charge in [-0.1, -0.05) is 37.6 Å². The van der Waals surface area contributed by atoms with Gasteiger partial charge in [-0.3, -0.25) is 0 Å². The van der Waals surface area contributed by atoms with Gasteiger partial charge in [-0.2, -0.15) is 0 Å². The van der Waals surface area contributed by atoms with E-state index in [4.69, 9.17) is 5.73 Å². The average molecular weight is 389 g/mol. The summed E-state index contributed by atoms with van der Waals surface area (Å²) in [5, 5.41) is 0. The summed E-state index contributed by atoms with van der Waals surface area (Å²) in [7, 11) is 0. The van der Waals surface area contributed by atoms with Gasteiger partial charge in [0, 0.05) is 9.35 Å². The van der Waals surface area contributed by atoms with Crippen LogP contribution in [0.3, 0.4) is 0 Å². The fourth-order valence-electron chi connectivity index (χ4n) is 1.86. The van der Waals surface area contributed by atoms with Gasteiger partial charge in [-0.25, -0.2) is 0 Å². The van der Waals surface area contributed by atoms with Gasteiger partial charge in [0.05, 0.1) is 9.83 Å². The lowest BCUT2D eigenvalue weighted by molar-refractivity contribution is 0.883. The molecule has 0 radical (unpaired) electrons. The molecule has 0 fully saturated rings. The minimum Gasteiger partial charge on any atom is -0.320 e. The molecule has 2 N–H and O–H groups in total. The molecule has 2 rings (SSSR count). The summed E-state index contributed by atoms with van der Waals surface area (Å²) in [6, 6.07) is 10.7. The molecule has 96 valence electrons. The summed E-state index contributed by atoms with van der Waals surface area (Å²) < 4.78 is 2.16. The summed E-state index contributed by atoms with van der Waals surface area (Å²) in [6.45, 7) is 2.19. The first kappa shape index (κ1) is 14.3. The lowest BCUT2D eigenvalue weighted by atomic mass is 10.0. The topological polar surface area (TPSA) is 26.0 Å². The Labute approximate surface area is 129 Å². The highest BCUT2D eigenvalue weighted by Crippen LogP contribution is 2.36. The zero-order valence-electron chi connectivity index (χ0n) is 10.1. The summed E-state index contributed by atoms with van der Waals surface area (Å²) in [5.74, 6) is 0. The Bertz CT molecular complexity index is 500. The van der Waals surface area contributed by atoms with Crippen molar-refractivity contribution in [2.75, 3.05) is 0 Å². The van der Waals surface area contributed by atoms with Crippen molar-refractivity contribution >= 4 is 43.2 Å². The van der Waals surface area contributed by atoms with E-state index in [-0.39, 0.29) is 6.04 Å². The first-order chi connectivity index (χ1) is 8.61. The summed E-state index contributed by atoms with van der Waals surface area (Å²) >= 11 is 8.68. The molecule has 0 spiro atoms. The maximum atomic E-state index is 6.29. The lowest BCUT2D eigenvalue weighted by Crippen LogP contribution is -2.10. The normalized spacial score (nSPS) is 12.7. The first-order valence-electron chi connectivity index (χ1n) is 5.91. The Balaban J connectivity index is 2.20. The van der Waals surface area contributed by atoms with Crippen molar-refractivity contribution in [1.29, 1.82) is 0 Å². The van der Waals surface area contributed by atoms with Crippen molar-refractivity contribution in [3.05, 3.63) is 54.6 Å². The van der Waals surface area contributed by atoms with Crippen LogP contribution in [-0.2, 0) is 6.42 Å². The van der Waals surface area contributed by atoms with Gasteiger partial charge in [0.25, 0.3) is 0 Å². The highest BCUT2D eigenvalue weighted by Gasteiger charge is 2.13. The zero-order chi connectivity index (χ0) is 13.1. The van der Waals surface area contributed by atoms with Crippen molar-refractivity contribution in [1.82, 2.24) is 0 Å². The van der Waals surface area contributed by atoms with E-state index >= 15 is 0 Å². The van der Waals surface area contributed by atoms with Crippen LogP contribution in [0.5, 0.6) is 0 Å². The smallest absolute Gasteiger partial charge is 0.0843 e. The summed E-state index contributed by atoms with van der Waals surface area (Å²) in [6.07, 6.45) is 2.31. The van der Waals surface area contributed by atoms with Crippen LogP contribution in [0.25, 0.3) is 0 Å². The third-order valence-electron chi connectivity index (χ3n) is 2.85. The second-order valence-electron chi connectivity index (χ2n) is 4.24. The van der Waals surface area contributed by atoms with Crippen LogP contribution in [-0.4, -0.2) is 0 Å². The summed E-state index contributed by atoms with van der Waals surface area (Å²) in [5.41, 5.74) is 8.83. The first-order valence-corrected chi connectivity index (χ1v) is 8.31. The van der Waals surface area contributed by atoms with E-state index in [2.05, 4.69) is 69.1 Å². The highest BCUT2D eigenvalue weighted by molar-refractivity contribution is 9.13. The van der Waals surface area contributed by atoms with E-state index in [1.54, 1.807) is 11.3 Å². The van der Waals surface area contributed by atoms with Crippen molar-refractivity contribution in [2.45, 2.75) is 25.8 Å². The largest absolute Gasteiger partial charge is 0.320 e. The van der Waals surface area contributed by atoms with E-state index < -0.39 is 0 Å².